The molecule has 29 heavy (non-hydrogen) atoms. The number of benzene rings is 1. The molecule has 1 unspecified atom stereocenters. The highest BCUT2D eigenvalue weighted by molar-refractivity contribution is 5.99. The summed E-state index contributed by atoms with van der Waals surface area (Å²) in [6, 6.07) is 2.76. The van der Waals surface area contributed by atoms with Gasteiger partial charge < -0.3 is 0 Å². The Kier molecular flexibility index (Phi) is 7.59. The van der Waals surface area contributed by atoms with E-state index in [1.54, 1.807) is 0 Å². The molecule has 0 N–H and O–H groups in total. The number of allylic oxidation sites excluding steroid dienone is 2. The Morgan fingerprint density at radius 1 is 1.10 bits per heavy atom. The van der Waals surface area contributed by atoms with Gasteiger partial charge in [0, 0.05) is 12.0 Å². The number of carbonyl (C=O) groups is 1. The molecule has 0 amide bonds. The molecule has 0 spiro atoms. The minimum Gasteiger partial charge on any atom is -0.294 e. The lowest BCUT2D eigenvalue weighted by Crippen LogP contribution is -2.23. The van der Waals surface area contributed by atoms with Crippen LogP contribution in [0, 0.1) is 30.5 Å². The molecule has 0 radical (unpaired) electrons. The lowest BCUT2D eigenvalue weighted by molar-refractivity contribution is 0.0973. The van der Waals surface area contributed by atoms with Gasteiger partial charge in [-0.3, -0.25) is 4.79 Å². The molecule has 2 aliphatic carbocycles. The van der Waals surface area contributed by atoms with E-state index in [1.807, 2.05) is 0 Å². The van der Waals surface area contributed by atoms with E-state index in [0.717, 1.165) is 36.7 Å². The minimum atomic E-state index is -2.98. The van der Waals surface area contributed by atoms with E-state index < -0.39 is 23.6 Å². The van der Waals surface area contributed by atoms with Crippen molar-refractivity contribution in [2.75, 3.05) is 0 Å². The molecule has 1 aromatic rings. The van der Waals surface area contributed by atoms with E-state index in [1.165, 1.54) is 57.6 Å². The predicted octanol–water partition coefficient (Wildman–Crippen LogP) is 7.98. The van der Waals surface area contributed by atoms with E-state index >= 15 is 0 Å². The summed E-state index contributed by atoms with van der Waals surface area (Å²) in [6.07, 6.45) is 10.1. The third-order valence-electron chi connectivity index (χ3n) is 7.08. The van der Waals surface area contributed by atoms with E-state index in [4.69, 9.17) is 0 Å². The van der Waals surface area contributed by atoms with Crippen LogP contribution in [0.4, 0.5) is 13.2 Å². The topological polar surface area (TPSA) is 17.1 Å². The van der Waals surface area contributed by atoms with Crippen LogP contribution in [-0.4, -0.2) is 5.78 Å². The van der Waals surface area contributed by atoms with Crippen molar-refractivity contribution in [3.63, 3.8) is 0 Å². The van der Waals surface area contributed by atoms with Gasteiger partial charge in [0.25, 0.3) is 6.43 Å². The molecule has 0 aromatic heterocycles. The maximum Gasteiger partial charge on any atom is 0.267 e. The SMILES string of the molecule is CCCC1CCC(C2CC=C(CC(=O)c3ccc(C)c(F)c3C(F)F)CC2)CC1. The normalized spacial score (nSPS) is 25.2. The summed E-state index contributed by atoms with van der Waals surface area (Å²) >= 11 is 0. The fourth-order valence-corrected chi connectivity index (χ4v) is 5.31. The van der Waals surface area contributed by atoms with Crippen molar-refractivity contribution in [1.82, 2.24) is 0 Å². The number of alkyl halides is 2. The van der Waals surface area contributed by atoms with Crippen molar-refractivity contribution in [2.24, 2.45) is 17.8 Å². The standard InChI is InChI=1S/C25H33F3O/c1-3-4-17-6-10-19(11-7-17)20-12-8-18(9-13-20)15-22(29)21-14-5-16(2)24(26)23(21)25(27)28/h5,8,14,17,19-20,25H,3-4,6-7,9-13,15H2,1-2H3. The van der Waals surface area contributed by atoms with Crippen LogP contribution in [0.15, 0.2) is 23.8 Å². The van der Waals surface area contributed by atoms with Crippen LogP contribution in [0.25, 0.3) is 0 Å². The zero-order valence-corrected chi connectivity index (χ0v) is 17.7. The summed E-state index contributed by atoms with van der Waals surface area (Å²) < 4.78 is 40.8. The molecule has 2 aliphatic rings. The first-order valence-electron chi connectivity index (χ1n) is 11.2. The highest BCUT2D eigenvalue weighted by Gasteiger charge is 2.29. The molecular formula is C25H33F3O. The number of Topliss-reactive ketones (excluding diaryl/α,β-unsaturated/α-hetero) is 1. The van der Waals surface area contributed by atoms with Gasteiger partial charge in [-0.15, -0.1) is 0 Å². The van der Waals surface area contributed by atoms with Crippen LogP contribution in [-0.2, 0) is 0 Å². The quantitative estimate of drug-likeness (QED) is 0.331. The van der Waals surface area contributed by atoms with Crippen molar-refractivity contribution in [3.8, 4) is 0 Å². The third kappa shape index (κ3) is 5.32. The van der Waals surface area contributed by atoms with Crippen LogP contribution in [0.3, 0.4) is 0 Å². The molecule has 0 heterocycles. The van der Waals surface area contributed by atoms with Crippen LogP contribution < -0.4 is 0 Å². The largest absolute Gasteiger partial charge is 0.294 e. The van der Waals surface area contributed by atoms with Gasteiger partial charge in [0.2, 0.25) is 0 Å². The van der Waals surface area contributed by atoms with E-state index in [9.17, 15) is 18.0 Å². The second kappa shape index (κ2) is 9.95. The number of hydrogen-bond acceptors (Lipinski definition) is 1. The molecular weight excluding hydrogens is 373 g/mol. The highest BCUT2D eigenvalue weighted by Crippen LogP contribution is 2.41. The summed E-state index contributed by atoms with van der Waals surface area (Å²) in [7, 11) is 0. The summed E-state index contributed by atoms with van der Waals surface area (Å²) in [5.74, 6) is 1.02. The summed E-state index contributed by atoms with van der Waals surface area (Å²) in [5, 5.41) is 0. The highest BCUT2D eigenvalue weighted by atomic mass is 19.3. The Morgan fingerprint density at radius 3 is 2.41 bits per heavy atom. The van der Waals surface area contributed by atoms with Gasteiger partial charge in [-0.05, 0) is 62.3 Å². The van der Waals surface area contributed by atoms with Crippen LogP contribution in [0.5, 0.6) is 0 Å². The van der Waals surface area contributed by atoms with Gasteiger partial charge >= 0.3 is 0 Å². The van der Waals surface area contributed by atoms with E-state index in [2.05, 4.69) is 13.0 Å². The molecule has 1 nitrogen and oxygen atoms in total. The minimum absolute atomic E-state index is 0.123. The molecule has 0 bridgehead atoms. The fraction of sp³-hybridized carbons (Fsp3) is 0.640. The Labute approximate surface area is 172 Å². The molecule has 1 atom stereocenters. The molecule has 1 saturated carbocycles. The van der Waals surface area contributed by atoms with Gasteiger partial charge in [0.15, 0.2) is 5.78 Å². The number of ketones is 1. The van der Waals surface area contributed by atoms with Gasteiger partial charge in [0.1, 0.15) is 5.82 Å². The average Bonchev–Trinajstić information content (AvgIpc) is 2.71. The summed E-state index contributed by atoms with van der Waals surface area (Å²) in [4.78, 5) is 12.6. The first-order valence-corrected chi connectivity index (χ1v) is 11.2. The Hall–Kier alpha value is -1.58. The van der Waals surface area contributed by atoms with Gasteiger partial charge in [-0.1, -0.05) is 56.4 Å². The Morgan fingerprint density at radius 2 is 1.83 bits per heavy atom. The number of hydrogen-bond donors (Lipinski definition) is 0. The average molecular weight is 407 g/mol. The summed E-state index contributed by atoms with van der Waals surface area (Å²) in [5.41, 5.74) is 0.255. The number of carbonyl (C=O) groups excluding carboxylic acids is 1. The third-order valence-corrected chi connectivity index (χ3v) is 7.08. The monoisotopic (exact) mass is 406 g/mol. The van der Waals surface area contributed by atoms with Crippen molar-refractivity contribution >= 4 is 5.78 Å². The molecule has 4 heteroatoms. The predicted molar refractivity (Wildman–Crippen MR) is 111 cm³/mol. The maximum absolute atomic E-state index is 14.1. The van der Waals surface area contributed by atoms with E-state index in [-0.39, 0.29) is 17.5 Å². The van der Waals surface area contributed by atoms with Crippen molar-refractivity contribution < 1.29 is 18.0 Å². The lowest BCUT2D eigenvalue weighted by Gasteiger charge is -2.35. The maximum atomic E-state index is 14.1. The summed E-state index contributed by atoms with van der Waals surface area (Å²) in [6.45, 7) is 3.70. The molecule has 3 rings (SSSR count). The van der Waals surface area contributed by atoms with Crippen molar-refractivity contribution in [1.29, 1.82) is 0 Å². The molecule has 0 saturated heterocycles. The van der Waals surface area contributed by atoms with Gasteiger partial charge in [-0.2, -0.15) is 0 Å². The van der Waals surface area contributed by atoms with E-state index in [0.29, 0.717) is 5.92 Å². The second-order valence-corrected chi connectivity index (χ2v) is 9.02. The van der Waals surface area contributed by atoms with Gasteiger partial charge in [-0.25, -0.2) is 13.2 Å². The Bertz CT molecular complexity index is 745. The smallest absolute Gasteiger partial charge is 0.267 e. The van der Waals surface area contributed by atoms with Crippen molar-refractivity contribution in [3.05, 3.63) is 46.3 Å². The number of rotatable bonds is 7. The van der Waals surface area contributed by atoms with Crippen LogP contribution in [0.1, 0.15) is 99.0 Å². The van der Waals surface area contributed by atoms with Gasteiger partial charge in [0.05, 0.1) is 5.56 Å². The molecule has 1 aromatic carbocycles. The lowest BCUT2D eigenvalue weighted by atomic mass is 9.70. The van der Waals surface area contributed by atoms with Crippen molar-refractivity contribution in [2.45, 2.75) is 84.5 Å². The van der Waals surface area contributed by atoms with Crippen LogP contribution >= 0.6 is 0 Å². The first kappa shape index (κ1) is 22.1. The number of aryl methyl sites for hydroxylation is 1. The fourth-order valence-electron chi connectivity index (χ4n) is 5.31. The first-order chi connectivity index (χ1) is 13.9. The zero-order valence-electron chi connectivity index (χ0n) is 17.7. The zero-order chi connectivity index (χ0) is 21.0. The molecule has 1 fully saturated rings. The second-order valence-electron chi connectivity index (χ2n) is 9.02. The molecule has 0 aliphatic heterocycles. The van der Waals surface area contributed by atoms with Crippen LogP contribution in [0.2, 0.25) is 0 Å². The number of halogens is 3. The molecule has 160 valence electrons. The Balaban J connectivity index is 1.59.